The van der Waals surface area contributed by atoms with Gasteiger partial charge in [0.1, 0.15) is 17.9 Å². The number of fused-ring (bicyclic) bond motifs is 2. The maximum Gasteiger partial charge on any atom is 0.320 e. The summed E-state index contributed by atoms with van der Waals surface area (Å²) in [5, 5.41) is 19.1. The molecule has 0 spiro atoms. The molecule has 0 fully saturated rings. The zero-order chi connectivity index (χ0) is 22.5. The Labute approximate surface area is 176 Å². The molecule has 2 aromatic heterocycles. The van der Waals surface area contributed by atoms with Crippen molar-refractivity contribution >= 4 is 33.7 Å². The molecular formula is C22H23FN4O4. The summed E-state index contributed by atoms with van der Waals surface area (Å²) in [5.74, 6) is -2.39. The van der Waals surface area contributed by atoms with Crippen molar-refractivity contribution in [2.75, 3.05) is 0 Å². The number of carboxylic acid groups (broad SMARTS) is 2. The number of para-hydroxylation sites is 1. The number of nitrogens with one attached hydrogen (secondary N) is 2. The zero-order valence-corrected chi connectivity index (χ0v) is 16.5. The lowest BCUT2D eigenvalue weighted by molar-refractivity contribution is -0.139. The molecule has 0 radical (unpaired) electrons. The highest BCUT2D eigenvalue weighted by molar-refractivity contribution is 5.85. The maximum absolute atomic E-state index is 13.0. The number of hydrogen-bond acceptors (Lipinski definition) is 4. The highest BCUT2D eigenvalue weighted by Crippen LogP contribution is 2.20. The molecule has 0 aliphatic heterocycles. The van der Waals surface area contributed by atoms with Gasteiger partial charge in [0.15, 0.2) is 0 Å². The van der Waals surface area contributed by atoms with Crippen LogP contribution in [0.2, 0.25) is 0 Å². The standard InChI is InChI=1S/C11H11FN2O2.C11H12N2O2/c12-7-1-2-10-8(4-7)6(5-14-10)3-9(13)11(15)16;12-9(11(14)15)5-7-6-13-10-4-2-1-3-8(7)10/h1-2,4-5,9,14H,3,13H2,(H,15,16);1-4,6,9,13H,5,12H2,(H,14,15)/t2*9-/m00/s1. The molecule has 4 aromatic rings. The number of hydrogen-bond donors (Lipinski definition) is 6. The summed E-state index contributed by atoms with van der Waals surface area (Å²) in [6.07, 6.45) is 4.00. The first kappa shape index (κ1) is 22.0. The number of aliphatic carboxylic acids is 2. The number of aromatic amines is 2. The first-order valence-electron chi connectivity index (χ1n) is 9.53. The van der Waals surface area contributed by atoms with Crippen molar-refractivity contribution in [3.63, 3.8) is 0 Å². The number of H-pyrrole nitrogens is 2. The Hall–Kier alpha value is -3.69. The van der Waals surface area contributed by atoms with Crippen LogP contribution in [0, 0.1) is 5.82 Å². The largest absolute Gasteiger partial charge is 0.480 e. The third kappa shape index (κ3) is 5.27. The molecule has 2 heterocycles. The Morgan fingerprint density at radius 1 is 0.839 bits per heavy atom. The fourth-order valence-electron chi connectivity index (χ4n) is 3.27. The molecule has 31 heavy (non-hydrogen) atoms. The van der Waals surface area contributed by atoms with Crippen LogP contribution in [0.3, 0.4) is 0 Å². The number of halogens is 1. The number of carboxylic acids is 2. The minimum absolute atomic E-state index is 0.179. The average molecular weight is 426 g/mol. The van der Waals surface area contributed by atoms with E-state index in [0.29, 0.717) is 17.4 Å². The van der Waals surface area contributed by atoms with Crippen molar-refractivity contribution in [2.45, 2.75) is 24.9 Å². The second-order valence-corrected chi connectivity index (χ2v) is 7.16. The van der Waals surface area contributed by atoms with Crippen LogP contribution in [0.25, 0.3) is 21.8 Å². The Balaban J connectivity index is 0.000000176. The summed E-state index contributed by atoms with van der Waals surface area (Å²) in [6, 6.07) is 10.3. The lowest BCUT2D eigenvalue weighted by Gasteiger charge is -2.04. The smallest absolute Gasteiger partial charge is 0.320 e. The molecule has 0 amide bonds. The van der Waals surface area contributed by atoms with E-state index in [1.165, 1.54) is 12.1 Å². The molecular weight excluding hydrogens is 403 g/mol. The molecule has 0 saturated carbocycles. The second-order valence-electron chi connectivity index (χ2n) is 7.16. The molecule has 9 heteroatoms. The third-order valence-electron chi connectivity index (χ3n) is 4.92. The fourth-order valence-corrected chi connectivity index (χ4v) is 3.27. The SMILES string of the molecule is N[C@@H](Cc1c[nH]c2ccc(F)cc12)C(=O)O.N[C@@H](Cc1c[nH]c2ccccc12)C(=O)O. The van der Waals surface area contributed by atoms with Crippen molar-refractivity contribution in [2.24, 2.45) is 11.5 Å². The quantitative estimate of drug-likeness (QED) is 0.278. The van der Waals surface area contributed by atoms with Gasteiger partial charge in [-0.1, -0.05) is 18.2 Å². The van der Waals surface area contributed by atoms with E-state index in [2.05, 4.69) is 9.97 Å². The molecule has 0 aliphatic rings. The van der Waals surface area contributed by atoms with Crippen LogP contribution in [0.5, 0.6) is 0 Å². The molecule has 0 saturated heterocycles. The van der Waals surface area contributed by atoms with E-state index in [-0.39, 0.29) is 12.2 Å². The Morgan fingerprint density at radius 2 is 1.35 bits per heavy atom. The number of aromatic nitrogens is 2. The Bertz CT molecular complexity index is 1220. The molecule has 8 N–H and O–H groups in total. The molecule has 2 aromatic carbocycles. The average Bonchev–Trinajstić information content (AvgIpc) is 3.32. The topological polar surface area (TPSA) is 158 Å². The van der Waals surface area contributed by atoms with E-state index in [4.69, 9.17) is 21.7 Å². The minimum Gasteiger partial charge on any atom is -0.480 e. The fraction of sp³-hybridized carbons (Fsp3) is 0.182. The summed E-state index contributed by atoms with van der Waals surface area (Å²) < 4.78 is 13.0. The van der Waals surface area contributed by atoms with Gasteiger partial charge in [-0.25, -0.2) is 4.39 Å². The molecule has 162 valence electrons. The normalized spacial score (nSPS) is 12.9. The van der Waals surface area contributed by atoms with Gasteiger partial charge in [-0.3, -0.25) is 9.59 Å². The summed E-state index contributed by atoms with van der Waals surface area (Å²) in [6.45, 7) is 0. The van der Waals surface area contributed by atoms with Crippen LogP contribution >= 0.6 is 0 Å². The van der Waals surface area contributed by atoms with Crippen molar-refractivity contribution in [3.05, 3.63) is 71.8 Å². The highest BCUT2D eigenvalue weighted by Gasteiger charge is 2.15. The third-order valence-corrected chi connectivity index (χ3v) is 4.92. The van der Waals surface area contributed by atoms with Gasteiger partial charge in [-0.2, -0.15) is 0 Å². The van der Waals surface area contributed by atoms with Gasteiger partial charge in [0.25, 0.3) is 0 Å². The van der Waals surface area contributed by atoms with E-state index >= 15 is 0 Å². The predicted octanol–water partition coefficient (Wildman–Crippen LogP) is 2.38. The first-order chi connectivity index (χ1) is 14.8. The van der Waals surface area contributed by atoms with Gasteiger partial charge in [0, 0.05) is 47.0 Å². The maximum atomic E-state index is 13.0. The molecule has 8 nitrogen and oxygen atoms in total. The number of benzene rings is 2. The van der Waals surface area contributed by atoms with E-state index in [1.54, 1.807) is 12.3 Å². The molecule has 0 aliphatic carbocycles. The summed E-state index contributed by atoms with van der Waals surface area (Å²) in [5.41, 5.74) is 14.3. The van der Waals surface area contributed by atoms with Crippen LogP contribution in [0.4, 0.5) is 4.39 Å². The summed E-state index contributed by atoms with van der Waals surface area (Å²) in [7, 11) is 0. The van der Waals surface area contributed by atoms with Gasteiger partial charge in [-0.15, -0.1) is 0 Å². The van der Waals surface area contributed by atoms with E-state index in [0.717, 1.165) is 22.0 Å². The molecule has 2 atom stereocenters. The lowest BCUT2D eigenvalue weighted by atomic mass is 10.1. The Kier molecular flexibility index (Phi) is 6.68. The van der Waals surface area contributed by atoms with Gasteiger partial charge in [0.05, 0.1) is 0 Å². The van der Waals surface area contributed by atoms with Crippen LogP contribution in [0.15, 0.2) is 54.9 Å². The first-order valence-corrected chi connectivity index (χ1v) is 9.53. The number of rotatable bonds is 6. The van der Waals surface area contributed by atoms with Gasteiger partial charge in [-0.05, 0) is 35.4 Å². The van der Waals surface area contributed by atoms with Crippen LogP contribution in [0.1, 0.15) is 11.1 Å². The van der Waals surface area contributed by atoms with Gasteiger partial charge in [0.2, 0.25) is 0 Å². The van der Waals surface area contributed by atoms with Crippen LogP contribution < -0.4 is 11.5 Å². The van der Waals surface area contributed by atoms with Crippen molar-refractivity contribution < 1.29 is 24.2 Å². The van der Waals surface area contributed by atoms with Crippen molar-refractivity contribution in [3.8, 4) is 0 Å². The Morgan fingerprint density at radius 3 is 1.94 bits per heavy atom. The van der Waals surface area contributed by atoms with Crippen LogP contribution in [-0.4, -0.2) is 44.2 Å². The highest BCUT2D eigenvalue weighted by atomic mass is 19.1. The van der Waals surface area contributed by atoms with Crippen molar-refractivity contribution in [1.82, 2.24) is 9.97 Å². The van der Waals surface area contributed by atoms with Crippen LogP contribution in [-0.2, 0) is 22.4 Å². The van der Waals surface area contributed by atoms with Crippen molar-refractivity contribution in [1.29, 1.82) is 0 Å². The molecule has 0 unspecified atom stereocenters. The number of nitrogens with two attached hydrogens (primary N) is 2. The molecule has 0 bridgehead atoms. The lowest BCUT2D eigenvalue weighted by Crippen LogP contribution is -2.32. The summed E-state index contributed by atoms with van der Waals surface area (Å²) >= 11 is 0. The second kappa shape index (κ2) is 9.41. The van der Waals surface area contributed by atoms with Gasteiger partial charge < -0.3 is 31.6 Å². The summed E-state index contributed by atoms with van der Waals surface area (Å²) in [4.78, 5) is 27.3. The zero-order valence-electron chi connectivity index (χ0n) is 16.5. The van der Waals surface area contributed by atoms with E-state index < -0.39 is 24.0 Å². The monoisotopic (exact) mass is 426 g/mol. The van der Waals surface area contributed by atoms with E-state index in [9.17, 15) is 14.0 Å². The minimum atomic E-state index is -1.06. The van der Waals surface area contributed by atoms with E-state index in [1.807, 2.05) is 30.5 Å². The molecule has 4 rings (SSSR count). The number of carbonyl (C=O) groups is 2. The van der Waals surface area contributed by atoms with Gasteiger partial charge >= 0.3 is 11.9 Å². The predicted molar refractivity (Wildman–Crippen MR) is 115 cm³/mol.